The molecule has 2 atom stereocenters. The van der Waals surface area contributed by atoms with E-state index in [0.29, 0.717) is 23.3 Å². The molecule has 1 N–H and O–H groups in total. The van der Waals surface area contributed by atoms with Crippen LogP contribution in [-0.2, 0) is 5.75 Å². The molecule has 0 amide bonds. The van der Waals surface area contributed by atoms with Gasteiger partial charge in [-0.3, -0.25) is 0 Å². The highest BCUT2D eigenvalue weighted by molar-refractivity contribution is 7.99. The van der Waals surface area contributed by atoms with Crippen LogP contribution in [0, 0.1) is 11.6 Å². The standard InChI is InChI=1S/C11H12F2OS/c1-6-4-10(14)7-2-3-9(12)11(13)8(7)5-15-6/h2-3,6,10,14H,4-5H2,1H3/t6?,10-/m1/s1. The molecule has 15 heavy (non-hydrogen) atoms. The minimum Gasteiger partial charge on any atom is -0.388 e. The summed E-state index contributed by atoms with van der Waals surface area (Å²) >= 11 is 1.54. The Morgan fingerprint density at radius 3 is 2.87 bits per heavy atom. The Balaban J connectivity index is 2.48. The summed E-state index contributed by atoms with van der Waals surface area (Å²) in [5.74, 6) is -1.22. The topological polar surface area (TPSA) is 20.2 Å². The largest absolute Gasteiger partial charge is 0.388 e. The van der Waals surface area contributed by atoms with E-state index in [4.69, 9.17) is 0 Å². The number of benzene rings is 1. The highest BCUT2D eigenvalue weighted by atomic mass is 32.2. The molecule has 0 saturated carbocycles. The van der Waals surface area contributed by atoms with Crippen LogP contribution < -0.4 is 0 Å². The summed E-state index contributed by atoms with van der Waals surface area (Å²) < 4.78 is 26.5. The van der Waals surface area contributed by atoms with Crippen molar-refractivity contribution in [2.45, 2.75) is 30.5 Å². The Morgan fingerprint density at radius 1 is 1.40 bits per heavy atom. The lowest BCUT2D eigenvalue weighted by molar-refractivity contribution is 0.167. The number of hydrogen-bond acceptors (Lipinski definition) is 2. The van der Waals surface area contributed by atoms with E-state index in [1.807, 2.05) is 6.92 Å². The summed E-state index contributed by atoms with van der Waals surface area (Å²) in [7, 11) is 0. The van der Waals surface area contributed by atoms with Gasteiger partial charge in [-0.05, 0) is 18.1 Å². The quantitative estimate of drug-likeness (QED) is 0.739. The van der Waals surface area contributed by atoms with E-state index >= 15 is 0 Å². The molecule has 1 aromatic carbocycles. The van der Waals surface area contributed by atoms with Gasteiger partial charge in [-0.1, -0.05) is 13.0 Å². The maximum atomic E-state index is 13.5. The average Bonchev–Trinajstić information content (AvgIpc) is 2.32. The summed E-state index contributed by atoms with van der Waals surface area (Å²) in [5, 5.41) is 10.1. The fourth-order valence-electron chi connectivity index (χ4n) is 1.80. The van der Waals surface area contributed by atoms with Crippen LogP contribution in [0.25, 0.3) is 0 Å². The van der Waals surface area contributed by atoms with E-state index in [9.17, 15) is 13.9 Å². The highest BCUT2D eigenvalue weighted by Gasteiger charge is 2.24. The Bertz CT molecular complexity index is 381. The van der Waals surface area contributed by atoms with Gasteiger partial charge >= 0.3 is 0 Å². The molecule has 0 fully saturated rings. The van der Waals surface area contributed by atoms with Crippen LogP contribution in [0.5, 0.6) is 0 Å². The second-order valence-electron chi connectivity index (χ2n) is 3.80. The summed E-state index contributed by atoms with van der Waals surface area (Å²) in [5.41, 5.74) is 0.850. The van der Waals surface area contributed by atoms with Gasteiger partial charge in [0.15, 0.2) is 11.6 Å². The molecule has 1 nitrogen and oxygen atoms in total. The monoisotopic (exact) mass is 230 g/mol. The molecule has 0 aliphatic carbocycles. The zero-order valence-electron chi connectivity index (χ0n) is 8.34. The number of thioether (sulfide) groups is 1. The lowest BCUT2D eigenvalue weighted by Crippen LogP contribution is -2.05. The molecule has 1 aromatic rings. The van der Waals surface area contributed by atoms with Gasteiger partial charge in [0.1, 0.15) is 0 Å². The van der Waals surface area contributed by atoms with Gasteiger partial charge < -0.3 is 5.11 Å². The zero-order chi connectivity index (χ0) is 11.0. The Labute approximate surface area is 91.5 Å². The van der Waals surface area contributed by atoms with Crippen LogP contribution in [0.15, 0.2) is 12.1 Å². The van der Waals surface area contributed by atoms with E-state index in [0.717, 1.165) is 6.07 Å². The highest BCUT2D eigenvalue weighted by Crippen LogP contribution is 2.36. The molecule has 0 aromatic heterocycles. The fourth-order valence-corrected chi connectivity index (χ4v) is 2.86. The first kappa shape index (κ1) is 10.9. The van der Waals surface area contributed by atoms with Crippen LogP contribution in [0.3, 0.4) is 0 Å². The molecule has 4 heteroatoms. The van der Waals surface area contributed by atoms with Crippen molar-refractivity contribution in [3.05, 3.63) is 34.9 Å². The summed E-state index contributed by atoms with van der Waals surface area (Å²) in [6, 6.07) is 2.56. The molecular formula is C11H12F2OS. The molecule has 0 radical (unpaired) electrons. The summed E-state index contributed by atoms with van der Waals surface area (Å²) in [6.45, 7) is 1.98. The number of rotatable bonds is 0. The summed E-state index contributed by atoms with van der Waals surface area (Å²) in [4.78, 5) is 0. The number of fused-ring (bicyclic) bond motifs is 1. The Kier molecular flexibility index (Phi) is 2.98. The molecule has 1 aliphatic rings. The number of hydrogen-bond donors (Lipinski definition) is 1. The van der Waals surface area contributed by atoms with Gasteiger partial charge in [0, 0.05) is 16.6 Å². The van der Waals surface area contributed by atoms with Gasteiger partial charge in [-0.25, -0.2) is 8.78 Å². The van der Waals surface area contributed by atoms with Crippen LogP contribution in [0.1, 0.15) is 30.6 Å². The fraction of sp³-hybridized carbons (Fsp3) is 0.455. The molecule has 1 aliphatic heterocycles. The molecular weight excluding hydrogens is 218 g/mol. The molecule has 1 heterocycles. The molecule has 1 unspecified atom stereocenters. The number of halogens is 2. The van der Waals surface area contributed by atoms with Crippen molar-refractivity contribution in [3.63, 3.8) is 0 Å². The van der Waals surface area contributed by atoms with Crippen LogP contribution >= 0.6 is 11.8 Å². The Morgan fingerprint density at radius 2 is 2.13 bits per heavy atom. The van der Waals surface area contributed by atoms with Crippen molar-refractivity contribution in [1.82, 2.24) is 0 Å². The van der Waals surface area contributed by atoms with Gasteiger partial charge in [0.25, 0.3) is 0 Å². The molecule has 82 valence electrons. The van der Waals surface area contributed by atoms with Crippen molar-refractivity contribution in [1.29, 1.82) is 0 Å². The predicted octanol–water partition coefficient (Wildman–Crippen LogP) is 3.02. The zero-order valence-corrected chi connectivity index (χ0v) is 9.15. The van der Waals surface area contributed by atoms with Gasteiger partial charge in [-0.15, -0.1) is 0 Å². The first-order chi connectivity index (χ1) is 7.09. The van der Waals surface area contributed by atoms with E-state index in [2.05, 4.69) is 0 Å². The lowest BCUT2D eigenvalue weighted by Gasteiger charge is -2.12. The van der Waals surface area contributed by atoms with Crippen molar-refractivity contribution < 1.29 is 13.9 Å². The van der Waals surface area contributed by atoms with Gasteiger partial charge in [0.05, 0.1) is 6.10 Å². The van der Waals surface area contributed by atoms with E-state index in [-0.39, 0.29) is 5.25 Å². The van der Waals surface area contributed by atoms with E-state index in [1.165, 1.54) is 6.07 Å². The smallest absolute Gasteiger partial charge is 0.163 e. The van der Waals surface area contributed by atoms with E-state index in [1.54, 1.807) is 11.8 Å². The summed E-state index contributed by atoms with van der Waals surface area (Å²) in [6.07, 6.45) is -0.0944. The van der Waals surface area contributed by atoms with Crippen molar-refractivity contribution >= 4 is 11.8 Å². The first-order valence-corrected chi connectivity index (χ1v) is 5.91. The first-order valence-electron chi connectivity index (χ1n) is 4.86. The SMILES string of the molecule is CC1C[C@@H](O)c2ccc(F)c(F)c2CS1. The predicted molar refractivity (Wildman–Crippen MR) is 56.7 cm³/mol. The molecule has 0 spiro atoms. The molecule has 0 saturated heterocycles. The van der Waals surface area contributed by atoms with Crippen molar-refractivity contribution in [2.75, 3.05) is 0 Å². The Hall–Kier alpha value is -0.610. The van der Waals surface area contributed by atoms with Crippen LogP contribution in [-0.4, -0.2) is 10.4 Å². The molecule has 2 rings (SSSR count). The third-order valence-electron chi connectivity index (χ3n) is 2.66. The second kappa shape index (κ2) is 4.10. The third-order valence-corrected chi connectivity index (χ3v) is 3.88. The number of aliphatic hydroxyl groups is 1. The number of aliphatic hydroxyl groups excluding tert-OH is 1. The minimum atomic E-state index is -0.837. The van der Waals surface area contributed by atoms with Gasteiger partial charge in [0.2, 0.25) is 0 Å². The van der Waals surface area contributed by atoms with Crippen molar-refractivity contribution in [3.8, 4) is 0 Å². The van der Waals surface area contributed by atoms with Crippen LogP contribution in [0.2, 0.25) is 0 Å². The molecule has 0 bridgehead atoms. The maximum Gasteiger partial charge on any atom is 0.163 e. The second-order valence-corrected chi connectivity index (χ2v) is 5.23. The minimum absolute atomic E-state index is 0.259. The lowest BCUT2D eigenvalue weighted by atomic mass is 10.00. The maximum absolute atomic E-state index is 13.5. The van der Waals surface area contributed by atoms with Crippen LogP contribution in [0.4, 0.5) is 8.78 Å². The van der Waals surface area contributed by atoms with E-state index < -0.39 is 17.7 Å². The third kappa shape index (κ3) is 2.01. The van der Waals surface area contributed by atoms with Crippen molar-refractivity contribution in [2.24, 2.45) is 0 Å². The average molecular weight is 230 g/mol. The normalized spacial score (nSPS) is 25.9. The van der Waals surface area contributed by atoms with Gasteiger partial charge in [-0.2, -0.15) is 11.8 Å².